The lowest BCUT2D eigenvalue weighted by molar-refractivity contribution is -0.151. The van der Waals surface area contributed by atoms with E-state index in [0.29, 0.717) is 12.3 Å². The number of carbonyl (C=O) groups excluding carboxylic acids is 2. The third-order valence-corrected chi connectivity index (χ3v) is 5.82. The molecule has 4 heteroatoms. The fraction of sp³-hybridized carbons (Fsp3) is 0.364. The summed E-state index contributed by atoms with van der Waals surface area (Å²) in [7, 11) is 0. The van der Waals surface area contributed by atoms with Gasteiger partial charge in [-0.1, -0.05) is 44.2 Å². The molecule has 0 fully saturated rings. The van der Waals surface area contributed by atoms with Crippen LogP contribution in [-0.4, -0.2) is 18.4 Å². The topological polar surface area (TPSA) is 43.4 Å². The molecule has 1 aliphatic carbocycles. The lowest BCUT2D eigenvalue weighted by atomic mass is 9.74. The summed E-state index contributed by atoms with van der Waals surface area (Å²) in [6.45, 7) is 6.35. The van der Waals surface area contributed by atoms with E-state index >= 15 is 0 Å². The Balaban J connectivity index is 1.98. The van der Waals surface area contributed by atoms with Crippen LogP contribution >= 0.6 is 11.3 Å². The van der Waals surface area contributed by atoms with Crippen molar-refractivity contribution in [2.75, 3.05) is 6.61 Å². The van der Waals surface area contributed by atoms with Gasteiger partial charge < -0.3 is 4.74 Å². The summed E-state index contributed by atoms with van der Waals surface area (Å²) in [5.74, 6) is -1.08. The van der Waals surface area contributed by atoms with Crippen molar-refractivity contribution in [3.63, 3.8) is 0 Å². The van der Waals surface area contributed by atoms with Crippen molar-refractivity contribution in [3.8, 4) is 0 Å². The van der Waals surface area contributed by atoms with E-state index in [1.54, 1.807) is 24.3 Å². The number of hydrogen-bond acceptors (Lipinski definition) is 4. The predicted molar refractivity (Wildman–Crippen MR) is 105 cm³/mol. The standard InChI is InChI=1S/C22H24O3S/c1-4-25-22(24)21-18(16-9-7-15(8-10-16)14(2)3)12-17(13-19(21)23)20-6-5-11-26-20/h5-11,13-14,18,21H,4,12H2,1-3H3. The number of ether oxygens (including phenoxy) is 1. The van der Waals surface area contributed by atoms with Crippen LogP contribution in [0.5, 0.6) is 0 Å². The van der Waals surface area contributed by atoms with E-state index in [2.05, 4.69) is 38.1 Å². The monoisotopic (exact) mass is 368 g/mol. The average Bonchev–Trinajstić information content (AvgIpc) is 3.16. The predicted octanol–water partition coefficient (Wildman–Crippen LogP) is 5.19. The van der Waals surface area contributed by atoms with Gasteiger partial charge in [-0.05, 0) is 53.5 Å². The van der Waals surface area contributed by atoms with Crippen LogP contribution in [0.25, 0.3) is 5.57 Å². The second kappa shape index (κ2) is 8.00. The molecule has 3 rings (SSSR count). The molecule has 0 saturated heterocycles. The highest BCUT2D eigenvalue weighted by Gasteiger charge is 2.39. The van der Waals surface area contributed by atoms with Crippen LogP contribution in [0, 0.1) is 5.92 Å². The molecule has 136 valence electrons. The summed E-state index contributed by atoms with van der Waals surface area (Å²) in [5.41, 5.74) is 3.27. The first-order valence-corrected chi connectivity index (χ1v) is 9.94. The second-order valence-corrected chi connectivity index (χ2v) is 7.86. The Kier molecular flexibility index (Phi) is 5.72. The van der Waals surface area contributed by atoms with E-state index in [9.17, 15) is 9.59 Å². The fourth-order valence-corrected chi connectivity index (χ4v) is 4.21. The maximum Gasteiger partial charge on any atom is 0.317 e. The van der Waals surface area contributed by atoms with Gasteiger partial charge in [0, 0.05) is 10.8 Å². The van der Waals surface area contributed by atoms with E-state index in [1.165, 1.54) is 5.56 Å². The molecule has 0 amide bonds. The van der Waals surface area contributed by atoms with Gasteiger partial charge in [-0.15, -0.1) is 11.3 Å². The minimum Gasteiger partial charge on any atom is -0.465 e. The van der Waals surface area contributed by atoms with E-state index in [4.69, 9.17) is 4.74 Å². The largest absolute Gasteiger partial charge is 0.465 e. The van der Waals surface area contributed by atoms with E-state index in [0.717, 1.165) is 16.0 Å². The molecular formula is C22H24O3S. The third kappa shape index (κ3) is 3.80. The first-order valence-electron chi connectivity index (χ1n) is 9.06. The zero-order valence-electron chi connectivity index (χ0n) is 15.4. The number of benzene rings is 1. The lowest BCUT2D eigenvalue weighted by Gasteiger charge is -2.29. The lowest BCUT2D eigenvalue weighted by Crippen LogP contribution is -2.33. The first kappa shape index (κ1) is 18.6. The van der Waals surface area contributed by atoms with Crippen molar-refractivity contribution in [1.29, 1.82) is 0 Å². The molecule has 3 nitrogen and oxygen atoms in total. The highest BCUT2D eigenvalue weighted by atomic mass is 32.1. The van der Waals surface area contributed by atoms with Crippen LogP contribution in [-0.2, 0) is 14.3 Å². The maximum absolute atomic E-state index is 12.8. The number of allylic oxidation sites excluding steroid dienone is 2. The second-order valence-electron chi connectivity index (χ2n) is 6.91. The van der Waals surface area contributed by atoms with Crippen LogP contribution in [0.4, 0.5) is 0 Å². The number of thiophene rings is 1. The molecule has 1 aromatic carbocycles. The van der Waals surface area contributed by atoms with Crippen LogP contribution in [0.3, 0.4) is 0 Å². The molecule has 2 atom stereocenters. The molecule has 26 heavy (non-hydrogen) atoms. The third-order valence-electron chi connectivity index (χ3n) is 4.87. The number of esters is 1. The van der Waals surface area contributed by atoms with Gasteiger partial charge in [0.25, 0.3) is 0 Å². The van der Waals surface area contributed by atoms with Crippen molar-refractivity contribution in [1.82, 2.24) is 0 Å². The molecule has 0 radical (unpaired) electrons. The Hall–Kier alpha value is -2.20. The Morgan fingerprint density at radius 3 is 2.54 bits per heavy atom. The Bertz CT molecular complexity index is 800. The summed E-state index contributed by atoms with van der Waals surface area (Å²) < 4.78 is 5.20. The Morgan fingerprint density at radius 1 is 1.23 bits per heavy atom. The van der Waals surface area contributed by atoms with Crippen molar-refractivity contribution in [2.24, 2.45) is 5.92 Å². The van der Waals surface area contributed by atoms with E-state index < -0.39 is 11.9 Å². The molecule has 0 N–H and O–H groups in total. The van der Waals surface area contributed by atoms with Gasteiger partial charge >= 0.3 is 5.97 Å². The average molecular weight is 368 g/mol. The molecular weight excluding hydrogens is 344 g/mol. The van der Waals surface area contributed by atoms with Crippen molar-refractivity contribution >= 4 is 28.7 Å². The number of rotatable bonds is 5. The summed E-state index contributed by atoms with van der Waals surface area (Å²) in [6.07, 6.45) is 2.29. The molecule has 0 saturated carbocycles. The number of carbonyl (C=O) groups is 2. The molecule has 1 aliphatic rings. The van der Waals surface area contributed by atoms with Gasteiger partial charge in [0.15, 0.2) is 5.78 Å². The number of hydrogen-bond donors (Lipinski definition) is 0. The van der Waals surface area contributed by atoms with Gasteiger partial charge in [-0.25, -0.2) is 0 Å². The molecule has 0 aliphatic heterocycles. The van der Waals surface area contributed by atoms with Crippen molar-refractivity contribution in [3.05, 3.63) is 63.9 Å². The molecule has 0 bridgehead atoms. The summed E-state index contributed by atoms with van der Waals surface area (Å²) >= 11 is 1.62. The van der Waals surface area contributed by atoms with Crippen LogP contribution in [0.2, 0.25) is 0 Å². The van der Waals surface area contributed by atoms with Crippen molar-refractivity contribution in [2.45, 2.75) is 39.0 Å². The molecule has 2 unspecified atom stereocenters. The normalized spacial score (nSPS) is 20.2. The summed E-state index contributed by atoms with van der Waals surface area (Å²) in [5, 5.41) is 2.00. The Morgan fingerprint density at radius 2 is 1.96 bits per heavy atom. The highest BCUT2D eigenvalue weighted by Crippen LogP contribution is 2.41. The molecule has 0 spiro atoms. The SMILES string of the molecule is CCOC(=O)C1C(=O)C=C(c2cccs2)CC1c1ccc(C(C)C)cc1. The molecule has 1 aromatic heterocycles. The zero-order chi connectivity index (χ0) is 18.7. The van der Waals surface area contributed by atoms with Crippen LogP contribution in [0.15, 0.2) is 47.9 Å². The van der Waals surface area contributed by atoms with Crippen molar-refractivity contribution < 1.29 is 14.3 Å². The molecule has 2 aromatic rings. The minimum atomic E-state index is -0.761. The smallest absolute Gasteiger partial charge is 0.317 e. The van der Waals surface area contributed by atoms with Crippen LogP contribution < -0.4 is 0 Å². The fourth-order valence-electron chi connectivity index (χ4n) is 3.46. The van der Waals surface area contributed by atoms with Gasteiger partial charge in [-0.3, -0.25) is 9.59 Å². The van der Waals surface area contributed by atoms with Gasteiger partial charge in [0.1, 0.15) is 5.92 Å². The van der Waals surface area contributed by atoms with Gasteiger partial charge in [0.05, 0.1) is 6.61 Å². The van der Waals surface area contributed by atoms with Gasteiger partial charge in [0.2, 0.25) is 0 Å². The van der Waals surface area contributed by atoms with Crippen LogP contribution in [0.1, 0.15) is 55.0 Å². The van der Waals surface area contributed by atoms with E-state index in [-0.39, 0.29) is 18.3 Å². The van der Waals surface area contributed by atoms with E-state index in [1.807, 2.05) is 17.5 Å². The first-order chi connectivity index (χ1) is 12.5. The zero-order valence-corrected chi connectivity index (χ0v) is 16.2. The summed E-state index contributed by atoms with van der Waals surface area (Å²) in [6, 6.07) is 12.3. The maximum atomic E-state index is 12.8. The summed E-state index contributed by atoms with van der Waals surface area (Å²) in [4.78, 5) is 26.4. The quantitative estimate of drug-likeness (QED) is 0.539. The molecule has 1 heterocycles. The minimum absolute atomic E-state index is 0.156. The van der Waals surface area contributed by atoms with Gasteiger partial charge in [-0.2, -0.15) is 0 Å². The Labute approximate surface area is 158 Å². The number of ketones is 1. The highest BCUT2D eigenvalue weighted by molar-refractivity contribution is 7.11.